The summed E-state index contributed by atoms with van der Waals surface area (Å²) in [5.41, 5.74) is 4.23. The molecule has 2 N–H and O–H groups in total. The second kappa shape index (κ2) is 6.12. The molecule has 0 aliphatic heterocycles. The SMILES string of the molecule is CCCN(CC)C(=O)c1c(F)ccc([N+](=O)[O-])c1N. The van der Waals surface area contributed by atoms with Gasteiger partial charge in [-0.05, 0) is 19.4 Å². The molecule has 0 saturated carbocycles. The Morgan fingerprint density at radius 1 is 1.47 bits per heavy atom. The minimum atomic E-state index is -0.845. The van der Waals surface area contributed by atoms with Crippen LogP contribution in [0.15, 0.2) is 12.1 Å². The van der Waals surface area contributed by atoms with Crippen LogP contribution in [0.3, 0.4) is 0 Å². The van der Waals surface area contributed by atoms with E-state index in [-0.39, 0.29) is 0 Å². The monoisotopic (exact) mass is 269 g/mol. The van der Waals surface area contributed by atoms with Gasteiger partial charge in [-0.15, -0.1) is 0 Å². The molecule has 19 heavy (non-hydrogen) atoms. The number of anilines is 1. The summed E-state index contributed by atoms with van der Waals surface area (Å²) >= 11 is 0. The third-order valence-electron chi connectivity index (χ3n) is 2.74. The Bertz CT molecular complexity index is 505. The van der Waals surface area contributed by atoms with Crippen LogP contribution in [-0.4, -0.2) is 28.8 Å². The van der Waals surface area contributed by atoms with Crippen molar-refractivity contribution in [1.29, 1.82) is 0 Å². The van der Waals surface area contributed by atoms with E-state index < -0.39 is 33.6 Å². The molecule has 1 rings (SSSR count). The third-order valence-corrected chi connectivity index (χ3v) is 2.74. The highest BCUT2D eigenvalue weighted by atomic mass is 19.1. The van der Waals surface area contributed by atoms with E-state index in [0.717, 1.165) is 12.1 Å². The first kappa shape index (κ1) is 14.9. The Labute approximate surface area is 110 Å². The first-order valence-corrected chi connectivity index (χ1v) is 5.95. The molecular formula is C12H16FN3O3. The zero-order valence-electron chi connectivity index (χ0n) is 10.9. The van der Waals surface area contributed by atoms with Gasteiger partial charge in [0.25, 0.3) is 11.6 Å². The molecule has 0 heterocycles. The molecule has 7 heteroatoms. The Balaban J connectivity index is 3.29. The molecular weight excluding hydrogens is 253 g/mol. The molecule has 104 valence electrons. The van der Waals surface area contributed by atoms with Crippen molar-refractivity contribution in [1.82, 2.24) is 4.90 Å². The van der Waals surface area contributed by atoms with Gasteiger partial charge in [-0.1, -0.05) is 6.92 Å². The lowest BCUT2D eigenvalue weighted by atomic mass is 10.1. The summed E-state index contributed by atoms with van der Waals surface area (Å²) in [7, 11) is 0. The lowest BCUT2D eigenvalue weighted by Crippen LogP contribution is -2.32. The fourth-order valence-corrected chi connectivity index (χ4v) is 1.79. The maximum absolute atomic E-state index is 13.7. The van der Waals surface area contributed by atoms with Crippen molar-refractivity contribution in [3.05, 3.63) is 33.6 Å². The zero-order valence-corrected chi connectivity index (χ0v) is 10.9. The van der Waals surface area contributed by atoms with E-state index in [2.05, 4.69) is 0 Å². The number of hydrogen-bond donors (Lipinski definition) is 1. The van der Waals surface area contributed by atoms with Crippen LogP contribution in [0.1, 0.15) is 30.6 Å². The summed E-state index contributed by atoms with van der Waals surface area (Å²) in [6, 6.07) is 1.85. The summed E-state index contributed by atoms with van der Waals surface area (Å²) in [5.74, 6) is -1.47. The van der Waals surface area contributed by atoms with Crippen molar-refractivity contribution in [2.45, 2.75) is 20.3 Å². The van der Waals surface area contributed by atoms with Gasteiger partial charge in [0.1, 0.15) is 17.1 Å². The van der Waals surface area contributed by atoms with E-state index in [9.17, 15) is 19.3 Å². The van der Waals surface area contributed by atoms with Crippen LogP contribution in [0.4, 0.5) is 15.8 Å². The number of rotatable bonds is 5. The van der Waals surface area contributed by atoms with Gasteiger partial charge >= 0.3 is 0 Å². The normalized spacial score (nSPS) is 10.3. The van der Waals surface area contributed by atoms with E-state index in [1.54, 1.807) is 6.92 Å². The molecule has 1 amide bonds. The van der Waals surface area contributed by atoms with Crippen molar-refractivity contribution < 1.29 is 14.1 Å². The topological polar surface area (TPSA) is 89.5 Å². The number of halogens is 1. The maximum Gasteiger partial charge on any atom is 0.293 e. The molecule has 0 aliphatic rings. The summed E-state index contributed by atoms with van der Waals surface area (Å²) in [4.78, 5) is 23.6. The van der Waals surface area contributed by atoms with Crippen molar-refractivity contribution in [3.8, 4) is 0 Å². The molecule has 0 fully saturated rings. The van der Waals surface area contributed by atoms with Gasteiger partial charge in [0.2, 0.25) is 0 Å². The van der Waals surface area contributed by atoms with Crippen molar-refractivity contribution >= 4 is 17.3 Å². The Hall–Kier alpha value is -2.18. The van der Waals surface area contributed by atoms with Gasteiger partial charge in [0, 0.05) is 19.2 Å². The van der Waals surface area contributed by atoms with Crippen LogP contribution in [0.25, 0.3) is 0 Å². The Kier molecular flexibility index (Phi) is 4.80. The van der Waals surface area contributed by atoms with Crippen molar-refractivity contribution in [2.24, 2.45) is 0 Å². The van der Waals surface area contributed by atoms with Gasteiger partial charge in [-0.25, -0.2) is 4.39 Å². The highest BCUT2D eigenvalue weighted by Gasteiger charge is 2.26. The van der Waals surface area contributed by atoms with Gasteiger partial charge in [-0.2, -0.15) is 0 Å². The molecule has 0 spiro atoms. The molecule has 0 atom stereocenters. The van der Waals surface area contributed by atoms with Crippen molar-refractivity contribution in [2.75, 3.05) is 18.8 Å². The van der Waals surface area contributed by atoms with Gasteiger partial charge in [0.05, 0.1) is 4.92 Å². The number of carbonyl (C=O) groups excluding carboxylic acids is 1. The highest BCUT2D eigenvalue weighted by Crippen LogP contribution is 2.28. The molecule has 6 nitrogen and oxygen atoms in total. The third kappa shape index (κ3) is 2.98. The number of nitro benzene ring substituents is 1. The second-order valence-electron chi connectivity index (χ2n) is 4.00. The Morgan fingerprint density at radius 3 is 2.58 bits per heavy atom. The summed E-state index contributed by atoms with van der Waals surface area (Å²) in [6.45, 7) is 4.45. The fraction of sp³-hybridized carbons (Fsp3) is 0.417. The summed E-state index contributed by atoms with van der Waals surface area (Å²) in [6.07, 6.45) is 0.704. The Morgan fingerprint density at radius 2 is 2.11 bits per heavy atom. The predicted octanol–water partition coefficient (Wildman–Crippen LogP) is 2.19. The average molecular weight is 269 g/mol. The lowest BCUT2D eigenvalue weighted by Gasteiger charge is -2.21. The van der Waals surface area contributed by atoms with Crippen molar-refractivity contribution in [3.63, 3.8) is 0 Å². The smallest absolute Gasteiger partial charge is 0.293 e. The number of nitro groups is 1. The van der Waals surface area contributed by atoms with Crippen LogP contribution in [0, 0.1) is 15.9 Å². The van der Waals surface area contributed by atoms with E-state index >= 15 is 0 Å². The number of nitrogens with two attached hydrogens (primary N) is 1. The largest absolute Gasteiger partial charge is 0.392 e. The van der Waals surface area contributed by atoms with Gasteiger partial charge in [-0.3, -0.25) is 14.9 Å². The standard InChI is InChI=1S/C12H16FN3O3/c1-3-7-15(4-2)12(17)10-8(13)5-6-9(11(10)14)16(18)19/h5-6H,3-4,7,14H2,1-2H3. The quantitative estimate of drug-likeness (QED) is 0.504. The molecule has 0 aliphatic carbocycles. The minimum absolute atomic E-state index is 0.383. The number of hydrogen-bond acceptors (Lipinski definition) is 4. The maximum atomic E-state index is 13.7. The molecule has 0 aromatic heterocycles. The number of carbonyl (C=O) groups is 1. The molecule has 1 aromatic carbocycles. The molecule has 1 aromatic rings. The second-order valence-corrected chi connectivity index (χ2v) is 4.00. The molecule has 0 unspecified atom stereocenters. The van der Waals surface area contributed by atoms with Crippen LogP contribution in [0.2, 0.25) is 0 Å². The molecule has 0 bridgehead atoms. The highest BCUT2D eigenvalue weighted by molar-refractivity contribution is 6.01. The van der Waals surface area contributed by atoms with E-state index in [1.807, 2.05) is 6.92 Å². The van der Waals surface area contributed by atoms with E-state index in [4.69, 9.17) is 5.73 Å². The van der Waals surface area contributed by atoms with Crippen LogP contribution in [0.5, 0.6) is 0 Å². The minimum Gasteiger partial charge on any atom is -0.392 e. The van der Waals surface area contributed by atoms with Crippen LogP contribution < -0.4 is 5.73 Å². The summed E-state index contributed by atoms with van der Waals surface area (Å²) in [5, 5.41) is 10.8. The van der Waals surface area contributed by atoms with Gasteiger partial charge < -0.3 is 10.6 Å². The molecule has 0 saturated heterocycles. The number of benzene rings is 1. The summed E-state index contributed by atoms with van der Waals surface area (Å²) < 4.78 is 13.7. The first-order chi connectivity index (χ1) is 8.93. The number of nitrogen functional groups attached to an aromatic ring is 1. The fourth-order valence-electron chi connectivity index (χ4n) is 1.79. The number of nitrogens with zero attached hydrogens (tertiary/aromatic N) is 2. The predicted molar refractivity (Wildman–Crippen MR) is 69.3 cm³/mol. The first-order valence-electron chi connectivity index (χ1n) is 5.95. The van der Waals surface area contributed by atoms with E-state index in [1.165, 1.54) is 4.90 Å². The zero-order chi connectivity index (χ0) is 14.6. The lowest BCUT2D eigenvalue weighted by molar-refractivity contribution is -0.384. The molecule has 0 radical (unpaired) electrons. The van der Waals surface area contributed by atoms with Crippen LogP contribution in [-0.2, 0) is 0 Å². The number of amides is 1. The van der Waals surface area contributed by atoms with E-state index in [0.29, 0.717) is 19.5 Å². The van der Waals surface area contributed by atoms with Gasteiger partial charge in [0.15, 0.2) is 0 Å². The average Bonchev–Trinajstić information content (AvgIpc) is 2.35. The van der Waals surface area contributed by atoms with Crippen LogP contribution >= 0.6 is 0 Å².